The summed E-state index contributed by atoms with van der Waals surface area (Å²) < 4.78 is 5.02. The molecule has 0 aliphatic heterocycles. The van der Waals surface area contributed by atoms with Gasteiger partial charge in [0.2, 0.25) is 0 Å². The lowest BCUT2D eigenvalue weighted by atomic mass is 9.83. The molecule has 78 valence electrons. The van der Waals surface area contributed by atoms with Crippen molar-refractivity contribution in [2.45, 2.75) is 51.0 Å². The third-order valence-electron chi connectivity index (χ3n) is 3.14. The van der Waals surface area contributed by atoms with Gasteiger partial charge in [-0.2, -0.15) is 0 Å². The van der Waals surface area contributed by atoms with E-state index >= 15 is 0 Å². The number of ether oxygens (including phenoxy) is 1. The summed E-state index contributed by atoms with van der Waals surface area (Å²) in [6.45, 7) is 0.862. The van der Waals surface area contributed by atoms with E-state index in [0.717, 1.165) is 25.4 Å². The fourth-order valence-electron chi connectivity index (χ4n) is 2.26. The molecule has 1 fully saturated rings. The van der Waals surface area contributed by atoms with Crippen molar-refractivity contribution >= 4 is 0 Å². The van der Waals surface area contributed by atoms with Crippen LogP contribution in [0.4, 0.5) is 0 Å². The standard InChI is InChI=1S/C11H23NO/c1-13-9-5-8-11(12)10-6-3-2-4-7-10/h10-11H,2-9,12H2,1H3. The molecular formula is C11H23NO. The van der Waals surface area contributed by atoms with Crippen LogP contribution >= 0.6 is 0 Å². The maximum absolute atomic E-state index is 6.13. The lowest BCUT2D eigenvalue weighted by molar-refractivity contribution is 0.183. The molecule has 0 aromatic rings. The van der Waals surface area contributed by atoms with Crippen LogP contribution < -0.4 is 5.73 Å². The van der Waals surface area contributed by atoms with Crippen molar-refractivity contribution < 1.29 is 4.74 Å². The van der Waals surface area contributed by atoms with E-state index < -0.39 is 0 Å². The minimum Gasteiger partial charge on any atom is -0.385 e. The molecule has 1 atom stereocenters. The predicted octanol–water partition coefficient (Wildman–Crippen LogP) is 2.32. The first-order valence-corrected chi connectivity index (χ1v) is 5.59. The second-order valence-electron chi connectivity index (χ2n) is 4.20. The van der Waals surface area contributed by atoms with Crippen LogP contribution in [0.5, 0.6) is 0 Å². The number of nitrogens with two attached hydrogens (primary N) is 1. The van der Waals surface area contributed by atoms with Gasteiger partial charge in [-0.1, -0.05) is 19.3 Å². The van der Waals surface area contributed by atoms with Gasteiger partial charge in [0.25, 0.3) is 0 Å². The molecule has 0 bridgehead atoms. The molecule has 2 heteroatoms. The Kier molecular flexibility index (Phi) is 5.40. The summed E-state index contributed by atoms with van der Waals surface area (Å²) in [5.41, 5.74) is 6.13. The Balaban J connectivity index is 2.09. The number of methoxy groups -OCH3 is 1. The Morgan fingerprint density at radius 1 is 1.31 bits per heavy atom. The Labute approximate surface area is 81.8 Å². The minimum atomic E-state index is 0.426. The largest absolute Gasteiger partial charge is 0.385 e. The van der Waals surface area contributed by atoms with E-state index in [1.807, 2.05) is 0 Å². The van der Waals surface area contributed by atoms with Crippen molar-refractivity contribution in [3.63, 3.8) is 0 Å². The Bertz CT molecular complexity index is 121. The maximum Gasteiger partial charge on any atom is 0.0462 e. The zero-order valence-corrected chi connectivity index (χ0v) is 8.80. The average molecular weight is 185 g/mol. The van der Waals surface area contributed by atoms with Crippen LogP contribution in [0.2, 0.25) is 0 Å². The lowest BCUT2D eigenvalue weighted by Crippen LogP contribution is -2.31. The van der Waals surface area contributed by atoms with E-state index in [-0.39, 0.29) is 0 Å². The third kappa shape index (κ3) is 4.10. The van der Waals surface area contributed by atoms with E-state index in [2.05, 4.69) is 0 Å². The molecule has 13 heavy (non-hydrogen) atoms. The quantitative estimate of drug-likeness (QED) is 0.667. The molecule has 1 aliphatic rings. The number of rotatable bonds is 5. The summed E-state index contributed by atoms with van der Waals surface area (Å²) in [7, 11) is 1.76. The van der Waals surface area contributed by atoms with Gasteiger partial charge in [-0.15, -0.1) is 0 Å². The number of hydrogen-bond acceptors (Lipinski definition) is 2. The second kappa shape index (κ2) is 6.39. The van der Waals surface area contributed by atoms with Gasteiger partial charge in [0, 0.05) is 19.8 Å². The van der Waals surface area contributed by atoms with E-state index in [9.17, 15) is 0 Å². The van der Waals surface area contributed by atoms with Crippen LogP contribution in [0, 0.1) is 5.92 Å². The first-order chi connectivity index (χ1) is 6.34. The normalized spacial score (nSPS) is 21.7. The van der Waals surface area contributed by atoms with E-state index in [0.29, 0.717) is 6.04 Å². The van der Waals surface area contributed by atoms with Gasteiger partial charge in [-0.3, -0.25) is 0 Å². The molecule has 0 aromatic carbocycles. The Morgan fingerprint density at radius 3 is 2.62 bits per heavy atom. The predicted molar refractivity (Wildman–Crippen MR) is 55.7 cm³/mol. The van der Waals surface area contributed by atoms with Gasteiger partial charge in [0.1, 0.15) is 0 Å². The highest BCUT2D eigenvalue weighted by Crippen LogP contribution is 2.27. The third-order valence-corrected chi connectivity index (χ3v) is 3.14. The summed E-state index contributed by atoms with van der Waals surface area (Å²) in [6, 6.07) is 0.426. The molecule has 0 spiro atoms. The average Bonchev–Trinajstić information content (AvgIpc) is 2.19. The van der Waals surface area contributed by atoms with Crippen molar-refractivity contribution in [1.29, 1.82) is 0 Å². The number of hydrogen-bond donors (Lipinski definition) is 1. The summed E-state index contributed by atoms with van der Waals surface area (Å²) in [6.07, 6.45) is 9.17. The van der Waals surface area contributed by atoms with Crippen molar-refractivity contribution in [3.05, 3.63) is 0 Å². The maximum atomic E-state index is 6.13. The van der Waals surface area contributed by atoms with Crippen LogP contribution in [0.25, 0.3) is 0 Å². The van der Waals surface area contributed by atoms with E-state index in [1.54, 1.807) is 7.11 Å². The monoisotopic (exact) mass is 185 g/mol. The second-order valence-corrected chi connectivity index (χ2v) is 4.20. The highest BCUT2D eigenvalue weighted by molar-refractivity contribution is 4.76. The zero-order valence-electron chi connectivity index (χ0n) is 8.80. The Hall–Kier alpha value is -0.0800. The van der Waals surface area contributed by atoms with Crippen molar-refractivity contribution in [1.82, 2.24) is 0 Å². The highest BCUT2D eigenvalue weighted by atomic mass is 16.5. The topological polar surface area (TPSA) is 35.2 Å². The van der Waals surface area contributed by atoms with Crippen molar-refractivity contribution in [3.8, 4) is 0 Å². The molecule has 2 nitrogen and oxygen atoms in total. The van der Waals surface area contributed by atoms with Gasteiger partial charge in [-0.05, 0) is 31.6 Å². The van der Waals surface area contributed by atoms with E-state index in [4.69, 9.17) is 10.5 Å². The smallest absolute Gasteiger partial charge is 0.0462 e. The molecule has 0 aromatic heterocycles. The van der Waals surface area contributed by atoms with Crippen LogP contribution in [0.3, 0.4) is 0 Å². The van der Waals surface area contributed by atoms with Gasteiger partial charge in [0.15, 0.2) is 0 Å². The Morgan fingerprint density at radius 2 is 2.00 bits per heavy atom. The first-order valence-electron chi connectivity index (χ1n) is 5.59. The fourth-order valence-corrected chi connectivity index (χ4v) is 2.26. The molecule has 0 saturated heterocycles. The van der Waals surface area contributed by atoms with Crippen LogP contribution in [0.15, 0.2) is 0 Å². The molecule has 0 amide bonds. The highest BCUT2D eigenvalue weighted by Gasteiger charge is 2.19. The van der Waals surface area contributed by atoms with E-state index in [1.165, 1.54) is 32.1 Å². The van der Waals surface area contributed by atoms with Gasteiger partial charge in [0.05, 0.1) is 0 Å². The van der Waals surface area contributed by atoms with Gasteiger partial charge < -0.3 is 10.5 Å². The van der Waals surface area contributed by atoms with Crippen molar-refractivity contribution in [2.24, 2.45) is 11.7 Å². The SMILES string of the molecule is COCCCC(N)C1CCCCC1. The molecule has 0 heterocycles. The molecule has 0 radical (unpaired) electrons. The minimum absolute atomic E-state index is 0.426. The zero-order chi connectivity index (χ0) is 9.52. The van der Waals surface area contributed by atoms with Crippen LogP contribution in [-0.2, 0) is 4.74 Å². The molecule has 1 aliphatic carbocycles. The molecule has 1 saturated carbocycles. The molecule has 1 rings (SSSR count). The summed E-state index contributed by atoms with van der Waals surface area (Å²) in [4.78, 5) is 0. The summed E-state index contributed by atoms with van der Waals surface area (Å²) >= 11 is 0. The molecular weight excluding hydrogens is 162 g/mol. The fraction of sp³-hybridized carbons (Fsp3) is 1.00. The van der Waals surface area contributed by atoms with Crippen LogP contribution in [-0.4, -0.2) is 19.8 Å². The van der Waals surface area contributed by atoms with Gasteiger partial charge >= 0.3 is 0 Å². The van der Waals surface area contributed by atoms with Crippen LogP contribution in [0.1, 0.15) is 44.9 Å². The first kappa shape index (κ1) is 11.0. The molecule has 2 N–H and O–H groups in total. The summed E-state index contributed by atoms with van der Waals surface area (Å²) in [5.74, 6) is 0.797. The lowest BCUT2D eigenvalue weighted by Gasteiger charge is -2.27. The van der Waals surface area contributed by atoms with Crippen molar-refractivity contribution in [2.75, 3.05) is 13.7 Å². The molecule has 1 unspecified atom stereocenters. The summed E-state index contributed by atoms with van der Waals surface area (Å²) in [5, 5.41) is 0. The van der Waals surface area contributed by atoms with Gasteiger partial charge in [-0.25, -0.2) is 0 Å².